The van der Waals surface area contributed by atoms with Gasteiger partial charge < -0.3 is 9.73 Å². The molecule has 0 radical (unpaired) electrons. The lowest BCUT2D eigenvalue weighted by molar-refractivity contribution is 0.187. The number of hydrogen-bond donors (Lipinski definition) is 1. The van der Waals surface area contributed by atoms with E-state index in [1.807, 2.05) is 14.0 Å². The molecule has 4 nitrogen and oxygen atoms in total. The Kier molecular flexibility index (Phi) is 5.64. The summed E-state index contributed by atoms with van der Waals surface area (Å²) < 4.78 is 5.86. The Hall–Kier alpha value is -0.840. The summed E-state index contributed by atoms with van der Waals surface area (Å²) >= 11 is 0. The third-order valence-electron chi connectivity index (χ3n) is 4.29. The van der Waals surface area contributed by atoms with Crippen molar-refractivity contribution in [2.75, 3.05) is 33.7 Å². The average molecular weight is 279 g/mol. The van der Waals surface area contributed by atoms with Crippen molar-refractivity contribution < 1.29 is 4.42 Å². The molecular weight excluding hydrogens is 250 g/mol. The third-order valence-corrected chi connectivity index (χ3v) is 4.29. The van der Waals surface area contributed by atoms with Gasteiger partial charge in [0.25, 0.3) is 0 Å². The number of nitrogens with one attached hydrogen (secondary N) is 1. The maximum Gasteiger partial charge on any atom is 0.118 e. The second-order valence-corrected chi connectivity index (χ2v) is 5.95. The highest BCUT2D eigenvalue weighted by Gasteiger charge is 2.24. The van der Waals surface area contributed by atoms with Gasteiger partial charge >= 0.3 is 0 Å². The van der Waals surface area contributed by atoms with E-state index in [4.69, 9.17) is 4.42 Å². The molecule has 1 unspecified atom stereocenters. The minimum atomic E-state index is 0.720. The van der Waals surface area contributed by atoms with Crippen molar-refractivity contribution in [3.8, 4) is 0 Å². The Morgan fingerprint density at radius 2 is 2.30 bits per heavy atom. The van der Waals surface area contributed by atoms with Crippen LogP contribution in [0.5, 0.6) is 0 Å². The molecule has 0 saturated carbocycles. The minimum absolute atomic E-state index is 0.720. The zero-order valence-electron chi connectivity index (χ0n) is 13.4. The summed E-state index contributed by atoms with van der Waals surface area (Å²) in [6.45, 7) is 9.66. The summed E-state index contributed by atoms with van der Waals surface area (Å²) in [5.41, 5.74) is 1.27. The van der Waals surface area contributed by atoms with Crippen molar-refractivity contribution in [2.24, 2.45) is 0 Å². The normalized spacial score (nSPS) is 20.1. The van der Waals surface area contributed by atoms with Crippen LogP contribution in [0.1, 0.15) is 36.8 Å². The van der Waals surface area contributed by atoms with Gasteiger partial charge in [-0.05, 0) is 53.0 Å². The van der Waals surface area contributed by atoms with Crippen molar-refractivity contribution in [2.45, 2.75) is 45.8 Å². The maximum absolute atomic E-state index is 5.86. The molecule has 1 N–H and O–H groups in total. The molecule has 1 aromatic heterocycles. The minimum Gasteiger partial charge on any atom is -0.465 e. The highest BCUT2D eigenvalue weighted by atomic mass is 16.3. The molecule has 1 aliphatic heterocycles. The van der Waals surface area contributed by atoms with Crippen LogP contribution >= 0.6 is 0 Å². The molecule has 1 aromatic rings. The van der Waals surface area contributed by atoms with Crippen molar-refractivity contribution in [1.29, 1.82) is 0 Å². The summed E-state index contributed by atoms with van der Waals surface area (Å²) in [7, 11) is 4.17. The van der Waals surface area contributed by atoms with Gasteiger partial charge in [0.2, 0.25) is 0 Å². The average Bonchev–Trinajstić information content (AvgIpc) is 2.97. The maximum atomic E-state index is 5.86. The molecular formula is C16H29N3O. The SMILES string of the molecule is CCN1CCCC1CN(C)Cc1cc(CNC)c(C)o1. The number of rotatable bonds is 7. The molecule has 4 heteroatoms. The highest BCUT2D eigenvalue weighted by Crippen LogP contribution is 2.19. The van der Waals surface area contributed by atoms with Gasteiger partial charge in [-0.3, -0.25) is 9.80 Å². The molecule has 114 valence electrons. The fraction of sp³-hybridized carbons (Fsp3) is 0.750. The van der Waals surface area contributed by atoms with Crippen LogP contribution < -0.4 is 5.32 Å². The van der Waals surface area contributed by atoms with E-state index in [0.29, 0.717) is 0 Å². The fourth-order valence-corrected chi connectivity index (χ4v) is 3.24. The zero-order valence-corrected chi connectivity index (χ0v) is 13.4. The van der Waals surface area contributed by atoms with Gasteiger partial charge in [0, 0.05) is 24.7 Å². The fourth-order valence-electron chi connectivity index (χ4n) is 3.24. The lowest BCUT2D eigenvalue weighted by atomic mass is 10.2. The van der Waals surface area contributed by atoms with Crippen LogP contribution in [0.4, 0.5) is 0 Å². The first-order valence-corrected chi connectivity index (χ1v) is 7.79. The summed E-state index contributed by atoms with van der Waals surface area (Å²) in [5.74, 6) is 2.12. The highest BCUT2D eigenvalue weighted by molar-refractivity contribution is 5.20. The molecule has 1 saturated heterocycles. The van der Waals surface area contributed by atoms with E-state index in [0.717, 1.165) is 37.2 Å². The molecule has 0 bridgehead atoms. The summed E-state index contributed by atoms with van der Waals surface area (Å²) in [6, 6.07) is 2.91. The topological polar surface area (TPSA) is 31.6 Å². The molecule has 1 atom stereocenters. The number of likely N-dealkylation sites (tertiary alicyclic amines) is 1. The quantitative estimate of drug-likeness (QED) is 0.829. The number of furan rings is 1. The first-order chi connectivity index (χ1) is 9.63. The number of hydrogen-bond acceptors (Lipinski definition) is 4. The van der Waals surface area contributed by atoms with Crippen molar-refractivity contribution in [3.63, 3.8) is 0 Å². The van der Waals surface area contributed by atoms with Crippen LogP contribution in [0, 0.1) is 6.92 Å². The molecule has 0 aliphatic carbocycles. The predicted octanol–water partition coefficient (Wildman–Crippen LogP) is 2.22. The predicted molar refractivity (Wildman–Crippen MR) is 82.8 cm³/mol. The van der Waals surface area contributed by atoms with Gasteiger partial charge in [0.15, 0.2) is 0 Å². The Bertz CT molecular complexity index is 416. The third kappa shape index (κ3) is 3.84. The van der Waals surface area contributed by atoms with Crippen LogP contribution in [0.2, 0.25) is 0 Å². The molecule has 0 spiro atoms. The van der Waals surface area contributed by atoms with E-state index >= 15 is 0 Å². The van der Waals surface area contributed by atoms with Crippen LogP contribution in [0.15, 0.2) is 10.5 Å². The molecule has 1 aliphatic rings. The molecule has 2 rings (SSSR count). The van der Waals surface area contributed by atoms with Gasteiger partial charge in [-0.2, -0.15) is 0 Å². The lowest BCUT2D eigenvalue weighted by Crippen LogP contribution is -2.38. The van der Waals surface area contributed by atoms with Crippen molar-refractivity contribution >= 4 is 0 Å². The van der Waals surface area contributed by atoms with E-state index in [-0.39, 0.29) is 0 Å². The summed E-state index contributed by atoms with van der Waals surface area (Å²) in [6.07, 6.45) is 2.68. The van der Waals surface area contributed by atoms with E-state index < -0.39 is 0 Å². The second-order valence-electron chi connectivity index (χ2n) is 5.95. The number of nitrogens with zero attached hydrogens (tertiary/aromatic N) is 2. The molecule has 20 heavy (non-hydrogen) atoms. The van der Waals surface area contributed by atoms with Gasteiger partial charge in [0.1, 0.15) is 11.5 Å². The zero-order chi connectivity index (χ0) is 14.5. The largest absolute Gasteiger partial charge is 0.465 e. The molecule has 0 amide bonds. The van der Waals surface area contributed by atoms with E-state index in [1.54, 1.807) is 0 Å². The van der Waals surface area contributed by atoms with Crippen LogP contribution in [-0.2, 0) is 13.1 Å². The molecule has 2 heterocycles. The smallest absolute Gasteiger partial charge is 0.118 e. The lowest BCUT2D eigenvalue weighted by Gasteiger charge is -2.27. The van der Waals surface area contributed by atoms with Crippen LogP contribution in [0.3, 0.4) is 0 Å². The van der Waals surface area contributed by atoms with Crippen molar-refractivity contribution in [1.82, 2.24) is 15.1 Å². The monoisotopic (exact) mass is 279 g/mol. The summed E-state index contributed by atoms with van der Waals surface area (Å²) in [4.78, 5) is 4.98. The van der Waals surface area contributed by atoms with Gasteiger partial charge in [-0.25, -0.2) is 0 Å². The Morgan fingerprint density at radius 3 is 3.00 bits per heavy atom. The number of likely N-dealkylation sites (N-methyl/N-ethyl adjacent to an activating group) is 2. The van der Waals surface area contributed by atoms with Gasteiger partial charge in [-0.15, -0.1) is 0 Å². The van der Waals surface area contributed by atoms with Crippen molar-refractivity contribution in [3.05, 3.63) is 23.2 Å². The Morgan fingerprint density at radius 1 is 1.50 bits per heavy atom. The Balaban J connectivity index is 1.87. The van der Waals surface area contributed by atoms with E-state index in [2.05, 4.69) is 35.2 Å². The first kappa shape index (κ1) is 15.5. The summed E-state index contributed by atoms with van der Waals surface area (Å²) in [5, 5.41) is 3.18. The van der Waals surface area contributed by atoms with Crippen LogP contribution in [-0.4, -0.2) is 49.6 Å². The van der Waals surface area contributed by atoms with Gasteiger partial charge in [-0.1, -0.05) is 6.92 Å². The molecule has 0 aromatic carbocycles. The van der Waals surface area contributed by atoms with Gasteiger partial charge in [0.05, 0.1) is 6.54 Å². The number of aryl methyl sites for hydroxylation is 1. The standard InChI is InChI=1S/C16H29N3O/c1-5-19-8-6-7-15(19)11-18(4)12-16-9-14(10-17-3)13(2)20-16/h9,15,17H,5-8,10-12H2,1-4H3. The van der Waals surface area contributed by atoms with E-state index in [1.165, 1.54) is 31.5 Å². The first-order valence-electron chi connectivity index (χ1n) is 7.79. The molecule has 1 fully saturated rings. The second kappa shape index (κ2) is 7.25. The van der Waals surface area contributed by atoms with E-state index in [9.17, 15) is 0 Å². The van der Waals surface area contributed by atoms with Crippen LogP contribution in [0.25, 0.3) is 0 Å². The Labute approximate surface area is 123 Å².